The molecule has 0 amide bonds. The Balaban J connectivity index is 0.946. The zero-order valence-corrected chi connectivity index (χ0v) is 36.6. The van der Waals surface area contributed by atoms with Crippen molar-refractivity contribution in [1.82, 2.24) is 4.57 Å². The van der Waals surface area contributed by atoms with Crippen molar-refractivity contribution in [3.8, 4) is 50.2 Å². The first-order valence-electron chi connectivity index (χ1n) is 22.9. The Hall–Kier alpha value is -8.92. The van der Waals surface area contributed by atoms with Gasteiger partial charge >= 0.3 is 0 Å². The van der Waals surface area contributed by atoms with E-state index in [-0.39, 0.29) is 0 Å². The average Bonchev–Trinajstić information content (AvgIpc) is 3.95. The largest absolute Gasteiger partial charge is 0.456 e. The highest BCUT2D eigenvalue weighted by atomic mass is 16.3. The van der Waals surface area contributed by atoms with Crippen LogP contribution < -0.4 is 4.90 Å². The first-order chi connectivity index (χ1) is 33.2. The fraction of sp³-hybridized carbons (Fsp3) is 0. The molecule has 67 heavy (non-hydrogen) atoms. The van der Waals surface area contributed by atoms with Gasteiger partial charge in [-0.2, -0.15) is 0 Å². The molecule has 0 radical (unpaired) electrons. The average molecular weight is 855 g/mol. The quantitative estimate of drug-likeness (QED) is 0.152. The summed E-state index contributed by atoms with van der Waals surface area (Å²) < 4.78 is 8.57. The lowest BCUT2D eigenvalue weighted by Crippen LogP contribution is -2.11. The number of hydrogen-bond acceptors (Lipinski definition) is 2. The van der Waals surface area contributed by atoms with Crippen LogP contribution in [-0.2, 0) is 0 Å². The molecule has 0 atom stereocenters. The van der Waals surface area contributed by atoms with Crippen LogP contribution in [0.3, 0.4) is 0 Å². The van der Waals surface area contributed by atoms with Crippen LogP contribution in [0.15, 0.2) is 259 Å². The summed E-state index contributed by atoms with van der Waals surface area (Å²) in [6.07, 6.45) is 0. The van der Waals surface area contributed by atoms with Crippen molar-refractivity contribution in [2.75, 3.05) is 4.90 Å². The van der Waals surface area contributed by atoms with Crippen LogP contribution in [0.4, 0.5) is 17.1 Å². The smallest absolute Gasteiger partial charge is 0.135 e. The Bertz CT molecular complexity index is 3920. The third kappa shape index (κ3) is 6.76. The molecule has 2 heterocycles. The normalized spacial score (nSPS) is 11.6. The Morgan fingerprint density at radius 2 is 0.821 bits per heavy atom. The molecule has 0 bridgehead atoms. The van der Waals surface area contributed by atoms with Crippen molar-refractivity contribution >= 4 is 71.6 Å². The van der Waals surface area contributed by atoms with Crippen LogP contribution >= 0.6 is 0 Å². The number of anilines is 3. The van der Waals surface area contributed by atoms with E-state index in [1.165, 1.54) is 43.7 Å². The maximum absolute atomic E-state index is 6.18. The minimum Gasteiger partial charge on any atom is -0.456 e. The fourth-order valence-corrected chi connectivity index (χ4v) is 10.1. The lowest BCUT2D eigenvalue weighted by molar-refractivity contribution is 0.669. The molecular weight excluding hydrogens is 813 g/mol. The summed E-state index contributed by atoms with van der Waals surface area (Å²) in [5, 5.41) is 7.24. The molecule has 13 aromatic rings. The summed E-state index contributed by atoms with van der Waals surface area (Å²) in [5.74, 6) is 0. The molecule has 0 saturated heterocycles. The van der Waals surface area contributed by atoms with E-state index in [0.717, 1.165) is 78.1 Å². The zero-order valence-electron chi connectivity index (χ0n) is 36.6. The number of para-hydroxylation sites is 3. The highest BCUT2D eigenvalue weighted by molar-refractivity contribution is 6.09. The standard InChI is InChI=1S/C64H42N2O/c1-2-14-46(15-3-1)58-41-51(48-17-12-18-54(40-48)66-60-22-9-6-19-55(60)56-20-7-10-23-61(56)66)31-37-62(58)65(52-33-27-44(28-34-52)49-26-25-43-13-4-5-16-47(43)39-49)53-35-29-45(30-36-53)50-32-38-64-59(42-50)57-21-8-11-24-63(57)67-64/h1-42H. The third-order valence-electron chi connectivity index (χ3n) is 13.4. The van der Waals surface area contributed by atoms with Gasteiger partial charge in [0, 0.05) is 44.2 Å². The lowest BCUT2D eigenvalue weighted by atomic mass is 9.95. The zero-order chi connectivity index (χ0) is 44.3. The summed E-state index contributed by atoms with van der Waals surface area (Å²) >= 11 is 0. The van der Waals surface area contributed by atoms with E-state index in [2.05, 4.69) is 252 Å². The van der Waals surface area contributed by atoms with Gasteiger partial charge in [0.2, 0.25) is 0 Å². The van der Waals surface area contributed by atoms with Crippen LogP contribution in [0, 0.1) is 0 Å². The van der Waals surface area contributed by atoms with Gasteiger partial charge in [0.25, 0.3) is 0 Å². The number of fused-ring (bicyclic) bond motifs is 7. The van der Waals surface area contributed by atoms with Gasteiger partial charge in [0.1, 0.15) is 11.2 Å². The third-order valence-corrected chi connectivity index (χ3v) is 13.4. The second-order valence-electron chi connectivity index (χ2n) is 17.3. The Labute approximate surface area is 388 Å². The van der Waals surface area contributed by atoms with E-state index in [9.17, 15) is 0 Å². The molecule has 11 aromatic carbocycles. The Morgan fingerprint density at radius 3 is 1.55 bits per heavy atom. The van der Waals surface area contributed by atoms with Crippen molar-refractivity contribution in [1.29, 1.82) is 0 Å². The van der Waals surface area contributed by atoms with Crippen molar-refractivity contribution in [2.45, 2.75) is 0 Å². The topological polar surface area (TPSA) is 21.3 Å². The first-order valence-corrected chi connectivity index (χ1v) is 22.9. The molecule has 0 aliphatic carbocycles. The number of aromatic nitrogens is 1. The van der Waals surface area contributed by atoms with Gasteiger partial charge in [0.05, 0.1) is 16.7 Å². The van der Waals surface area contributed by atoms with Crippen molar-refractivity contribution < 1.29 is 4.42 Å². The summed E-state index contributed by atoms with van der Waals surface area (Å²) in [6.45, 7) is 0. The summed E-state index contributed by atoms with van der Waals surface area (Å²) in [5.41, 5.74) is 17.8. The molecule has 0 aliphatic rings. The molecule has 0 N–H and O–H groups in total. The molecule has 0 spiro atoms. The molecule has 13 rings (SSSR count). The molecule has 3 nitrogen and oxygen atoms in total. The molecule has 0 fully saturated rings. The summed E-state index contributed by atoms with van der Waals surface area (Å²) in [6, 6.07) is 92.1. The van der Waals surface area contributed by atoms with E-state index >= 15 is 0 Å². The SMILES string of the molecule is c1ccc(-c2cc(-c3cccc(-n4c5ccccc5c5ccccc54)c3)ccc2N(c2ccc(-c3ccc4ccccc4c3)cc2)c2ccc(-c3ccc4oc5ccccc5c4c3)cc2)cc1. The maximum Gasteiger partial charge on any atom is 0.135 e. The molecule has 0 saturated carbocycles. The molecule has 0 unspecified atom stereocenters. The lowest BCUT2D eigenvalue weighted by Gasteiger charge is -2.29. The van der Waals surface area contributed by atoms with Gasteiger partial charge in [-0.25, -0.2) is 0 Å². The Kier molecular flexibility index (Phi) is 9.17. The van der Waals surface area contributed by atoms with Crippen molar-refractivity contribution in [3.63, 3.8) is 0 Å². The maximum atomic E-state index is 6.18. The minimum atomic E-state index is 0.898. The van der Waals surface area contributed by atoms with E-state index in [1.807, 2.05) is 12.1 Å². The minimum absolute atomic E-state index is 0.898. The predicted octanol–water partition coefficient (Wildman–Crippen LogP) is 18.0. The first kappa shape index (κ1) is 38.5. The highest BCUT2D eigenvalue weighted by Crippen LogP contribution is 2.44. The van der Waals surface area contributed by atoms with E-state index in [4.69, 9.17) is 4.42 Å². The Morgan fingerprint density at radius 1 is 0.299 bits per heavy atom. The fourth-order valence-electron chi connectivity index (χ4n) is 10.1. The second-order valence-corrected chi connectivity index (χ2v) is 17.3. The number of hydrogen-bond donors (Lipinski definition) is 0. The highest BCUT2D eigenvalue weighted by Gasteiger charge is 2.20. The van der Waals surface area contributed by atoms with Gasteiger partial charge in [-0.05, 0) is 135 Å². The molecule has 3 heteroatoms. The number of rotatable bonds is 8. The van der Waals surface area contributed by atoms with Crippen LogP contribution in [0.5, 0.6) is 0 Å². The molecule has 314 valence electrons. The molecule has 2 aromatic heterocycles. The van der Waals surface area contributed by atoms with Crippen LogP contribution in [0.1, 0.15) is 0 Å². The van der Waals surface area contributed by atoms with Gasteiger partial charge < -0.3 is 13.9 Å². The number of nitrogens with zero attached hydrogens (tertiary/aromatic N) is 2. The predicted molar refractivity (Wildman–Crippen MR) is 282 cm³/mol. The number of benzene rings is 11. The van der Waals surface area contributed by atoms with Crippen molar-refractivity contribution in [2.24, 2.45) is 0 Å². The van der Waals surface area contributed by atoms with Gasteiger partial charge in [-0.3, -0.25) is 0 Å². The van der Waals surface area contributed by atoms with E-state index in [0.29, 0.717) is 0 Å². The monoisotopic (exact) mass is 854 g/mol. The summed E-state index contributed by atoms with van der Waals surface area (Å²) in [7, 11) is 0. The summed E-state index contributed by atoms with van der Waals surface area (Å²) in [4.78, 5) is 2.40. The van der Waals surface area contributed by atoms with Gasteiger partial charge in [-0.1, -0.05) is 170 Å². The van der Waals surface area contributed by atoms with Gasteiger partial charge in [-0.15, -0.1) is 0 Å². The van der Waals surface area contributed by atoms with Crippen LogP contribution in [0.2, 0.25) is 0 Å². The molecule has 0 aliphatic heterocycles. The second kappa shape index (κ2) is 16.0. The van der Waals surface area contributed by atoms with Crippen LogP contribution in [-0.4, -0.2) is 4.57 Å². The van der Waals surface area contributed by atoms with E-state index < -0.39 is 0 Å². The molecular formula is C64H42N2O. The van der Waals surface area contributed by atoms with E-state index in [1.54, 1.807) is 0 Å². The van der Waals surface area contributed by atoms with Crippen LogP contribution in [0.25, 0.3) is 105 Å². The van der Waals surface area contributed by atoms with Crippen molar-refractivity contribution in [3.05, 3.63) is 255 Å². The van der Waals surface area contributed by atoms with Gasteiger partial charge in [0.15, 0.2) is 0 Å². The number of furan rings is 1.